The zero-order chi connectivity index (χ0) is 41.7. The minimum absolute atomic E-state index is 0.0164. The predicted octanol–water partition coefficient (Wildman–Crippen LogP) is 8.61. The van der Waals surface area contributed by atoms with Crippen molar-refractivity contribution in [1.29, 1.82) is 0 Å². The minimum Gasteiger partial charge on any atom is -0.504 e. The predicted molar refractivity (Wildman–Crippen MR) is 206 cm³/mol. The van der Waals surface area contributed by atoms with E-state index in [9.17, 15) is 41.8 Å². The van der Waals surface area contributed by atoms with E-state index in [2.05, 4.69) is 10.3 Å². The van der Waals surface area contributed by atoms with Gasteiger partial charge in [-0.25, -0.2) is 4.39 Å². The number of methoxy groups -OCH3 is 1. The number of benzene rings is 3. The van der Waals surface area contributed by atoms with E-state index in [1.165, 1.54) is 43.5 Å². The molecule has 1 heterocycles. The van der Waals surface area contributed by atoms with Crippen molar-refractivity contribution in [3.8, 4) is 11.5 Å². The van der Waals surface area contributed by atoms with Crippen LogP contribution < -0.4 is 10.1 Å². The molecular formula is C44H50F4N2O7. The first-order valence-electron chi connectivity index (χ1n) is 19.3. The van der Waals surface area contributed by atoms with E-state index in [4.69, 9.17) is 9.47 Å². The van der Waals surface area contributed by atoms with Gasteiger partial charge in [0.2, 0.25) is 5.91 Å². The lowest BCUT2D eigenvalue weighted by Gasteiger charge is -2.39. The van der Waals surface area contributed by atoms with Crippen molar-refractivity contribution in [3.63, 3.8) is 0 Å². The zero-order valence-corrected chi connectivity index (χ0v) is 32.9. The van der Waals surface area contributed by atoms with Crippen LogP contribution in [-0.4, -0.2) is 46.2 Å². The van der Waals surface area contributed by atoms with Crippen molar-refractivity contribution in [2.24, 2.45) is 23.7 Å². The van der Waals surface area contributed by atoms with E-state index >= 15 is 0 Å². The molecule has 2 unspecified atom stereocenters. The summed E-state index contributed by atoms with van der Waals surface area (Å²) in [5.41, 5.74) is -0.982. The molecule has 57 heavy (non-hydrogen) atoms. The number of aromatic nitrogens is 1. The fourth-order valence-electron chi connectivity index (χ4n) is 7.74. The van der Waals surface area contributed by atoms with Crippen LogP contribution in [0.5, 0.6) is 11.5 Å². The van der Waals surface area contributed by atoms with E-state index < -0.39 is 52.6 Å². The molecule has 1 aromatic heterocycles. The van der Waals surface area contributed by atoms with Gasteiger partial charge in [0.05, 0.1) is 24.1 Å². The molecule has 0 radical (unpaired) electrons. The largest absolute Gasteiger partial charge is 0.504 e. The number of amides is 1. The Morgan fingerprint density at radius 2 is 1.65 bits per heavy atom. The number of aromatic amines is 1. The van der Waals surface area contributed by atoms with Gasteiger partial charge < -0.3 is 24.9 Å². The number of rotatable bonds is 17. The Labute approximate surface area is 329 Å². The summed E-state index contributed by atoms with van der Waals surface area (Å²) in [4.78, 5) is 59.4. The van der Waals surface area contributed by atoms with Gasteiger partial charge in [-0.15, -0.1) is 0 Å². The number of alkyl halides is 3. The highest BCUT2D eigenvalue weighted by Gasteiger charge is 2.47. The number of Topliss-reactive ketones (excluding diaryl/α,β-unsaturated/α-hetero) is 2. The second kappa shape index (κ2) is 17.9. The molecular weight excluding hydrogens is 744 g/mol. The van der Waals surface area contributed by atoms with Gasteiger partial charge in [-0.3, -0.25) is 19.2 Å². The standard InChI is InChI=1S/C44H50F4N2O7/c1-6-25(3)31(21-29(51)20-28-11-8-9-14-35(28)45)41(54)50-43(18-17-36-33(23-43)30-12-10-13-34(40(30)49-36)44(46,47)48)39(53)22-32(26(4)7-2)42(55)57-24-27-15-16-38(56-5)37(52)19-27/h8-16,19,25-26,31-32,49,52H,6-7,17-18,20-24H2,1-5H3,(H,50,54)/t25?,26?,31-,32-,43+/m0/s1. The molecule has 3 aromatic carbocycles. The molecule has 3 N–H and O–H groups in total. The fourth-order valence-corrected chi connectivity index (χ4v) is 7.74. The number of para-hydroxylation sites is 1. The van der Waals surface area contributed by atoms with Gasteiger partial charge in [-0.1, -0.05) is 76.9 Å². The number of esters is 1. The van der Waals surface area contributed by atoms with E-state index in [1.807, 2.05) is 20.8 Å². The van der Waals surface area contributed by atoms with E-state index in [1.54, 1.807) is 25.1 Å². The van der Waals surface area contributed by atoms with Crippen molar-refractivity contribution in [1.82, 2.24) is 10.3 Å². The van der Waals surface area contributed by atoms with Crippen LogP contribution in [0.25, 0.3) is 10.9 Å². The number of carbonyl (C=O) groups excluding carboxylic acids is 4. The molecule has 5 rings (SSSR count). The summed E-state index contributed by atoms with van der Waals surface area (Å²) in [6.07, 6.45) is -4.46. The molecule has 5 atom stereocenters. The van der Waals surface area contributed by atoms with Crippen LogP contribution in [0, 0.1) is 29.5 Å². The van der Waals surface area contributed by atoms with Crippen LogP contribution in [0.3, 0.4) is 0 Å². The summed E-state index contributed by atoms with van der Waals surface area (Å²) in [5, 5.41) is 13.5. The topological polar surface area (TPSA) is 135 Å². The molecule has 1 aliphatic carbocycles. The quantitative estimate of drug-likeness (QED) is 0.0720. The summed E-state index contributed by atoms with van der Waals surface area (Å²) < 4.78 is 67.5. The lowest BCUT2D eigenvalue weighted by molar-refractivity contribution is -0.154. The maximum absolute atomic E-state index is 14.9. The summed E-state index contributed by atoms with van der Waals surface area (Å²) in [7, 11) is 1.40. The highest BCUT2D eigenvalue weighted by molar-refractivity contribution is 5.98. The van der Waals surface area contributed by atoms with E-state index in [0.717, 1.165) is 6.07 Å². The van der Waals surface area contributed by atoms with Crippen LogP contribution in [0.4, 0.5) is 17.6 Å². The first kappa shape index (κ1) is 42.9. The number of aromatic hydroxyl groups is 1. The number of nitrogens with one attached hydrogen (secondary N) is 2. The number of fused-ring (bicyclic) bond motifs is 3. The minimum atomic E-state index is -4.65. The number of phenolic OH excluding ortho intramolecular Hbond substituents is 1. The molecule has 306 valence electrons. The molecule has 4 aromatic rings. The van der Waals surface area contributed by atoms with Crippen molar-refractivity contribution in [2.75, 3.05) is 7.11 Å². The summed E-state index contributed by atoms with van der Waals surface area (Å²) in [6.45, 7) is 7.14. The number of hydrogen-bond donors (Lipinski definition) is 3. The maximum atomic E-state index is 14.9. The molecule has 0 saturated heterocycles. The average molecular weight is 795 g/mol. The van der Waals surface area contributed by atoms with Crippen LogP contribution in [0.2, 0.25) is 0 Å². The Kier molecular flexibility index (Phi) is 13.5. The zero-order valence-electron chi connectivity index (χ0n) is 32.9. The number of aryl methyl sites for hydroxylation is 1. The Hall–Kier alpha value is -5.20. The van der Waals surface area contributed by atoms with Crippen LogP contribution in [0.15, 0.2) is 60.7 Å². The van der Waals surface area contributed by atoms with Gasteiger partial charge in [-0.2, -0.15) is 13.2 Å². The SMILES string of the molecule is CCC(C)[C@H](CC(=O)Cc1ccccc1F)C(=O)N[C@]1(C(=O)C[C@H](C(=O)OCc2ccc(OC)c(O)c2)C(C)CC)CCc2[nH]c3c(C(F)(F)F)cccc3c2C1. The Balaban J connectivity index is 1.48. The smallest absolute Gasteiger partial charge is 0.418 e. The van der Waals surface area contributed by atoms with Gasteiger partial charge in [0.25, 0.3) is 0 Å². The first-order valence-corrected chi connectivity index (χ1v) is 19.3. The molecule has 13 heteroatoms. The summed E-state index contributed by atoms with van der Waals surface area (Å²) in [6, 6.07) is 14.3. The monoisotopic (exact) mass is 794 g/mol. The Bertz CT molecular complexity index is 2110. The number of ether oxygens (including phenoxy) is 2. The second-order valence-corrected chi connectivity index (χ2v) is 15.3. The first-order chi connectivity index (χ1) is 27.0. The van der Waals surface area contributed by atoms with Gasteiger partial charge in [0.1, 0.15) is 23.7 Å². The van der Waals surface area contributed by atoms with Crippen molar-refractivity contribution >= 4 is 34.3 Å². The number of hydrogen-bond acceptors (Lipinski definition) is 7. The van der Waals surface area contributed by atoms with Gasteiger partial charge >= 0.3 is 12.1 Å². The lowest BCUT2D eigenvalue weighted by atomic mass is 9.72. The molecule has 1 aliphatic rings. The Morgan fingerprint density at radius 1 is 0.947 bits per heavy atom. The highest BCUT2D eigenvalue weighted by Crippen LogP contribution is 2.41. The average Bonchev–Trinajstić information content (AvgIpc) is 3.55. The molecule has 0 aliphatic heterocycles. The number of halogens is 4. The van der Waals surface area contributed by atoms with Gasteiger partial charge in [-0.05, 0) is 65.6 Å². The van der Waals surface area contributed by atoms with Crippen LogP contribution >= 0.6 is 0 Å². The molecule has 0 bridgehead atoms. The van der Waals surface area contributed by atoms with Crippen LogP contribution in [0.1, 0.15) is 87.7 Å². The number of H-pyrrole nitrogens is 1. The molecule has 0 spiro atoms. The number of phenols is 1. The number of ketones is 2. The second-order valence-electron chi connectivity index (χ2n) is 15.3. The third kappa shape index (κ3) is 9.68. The van der Waals surface area contributed by atoms with Crippen molar-refractivity contribution < 1.29 is 51.3 Å². The van der Waals surface area contributed by atoms with Gasteiger partial charge in [0, 0.05) is 42.7 Å². The molecule has 0 fully saturated rings. The van der Waals surface area contributed by atoms with Crippen LogP contribution in [-0.2, 0) is 56.0 Å². The van der Waals surface area contributed by atoms with E-state index in [-0.39, 0.29) is 90.7 Å². The third-order valence-corrected chi connectivity index (χ3v) is 11.6. The normalized spacial score (nSPS) is 17.6. The van der Waals surface area contributed by atoms with Gasteiger partial charge in [0.15, 0.2) is 17.3 Å². The summed E-state index contributed by atoms with van der Waals surface area (Å²) >= 11 is 0. The third-order valence-electron chi connectivity index (χ3n) is 11.6. The number of carbonyl (C=O) groups is 4. The summed E-state index contributed by atoms with van der Waals surface area (Å²) in [5.74, 6) is -5.07. The molecule has 0 saturated carbocycles. The lowest BCUT2D eigenvalue weighted by Crippen LogP contribution is -2.60. The molecule has 9 nitrogen and oxygen atoms in total. The van der Waals surface area contributed by atoms with E-state index in [0.29, 0.717) is 29.7 Å². The fraction of sp³-hybridized carbons (Fsp3) is 0.455. The molecule has 1 amide bonds. The maximum Gasteiger partial charge on any atom is 0.418 e. The van der Waals surface area contributed by atoms with Crippen molar-refractivity contribution in [3.05, 3.63) is 94.4 Å². The highest BCUT2D eigenvalue weighted by atomic mass is 19.4. The Morgan fingerprint density at radius 3 is 2.30 bits per heavy atom. The van der Waals surface area contributed by atoms with Crippen molar-refractivity contribution in [2.45, 2.75) is 97.4 Å².